The fourth-order valence-electron chi connectivity index (χ4n) is 3.45. The summed E-state index contributed by atoms with van der Waals surface area (Å²) in [6.45, 7) is 0. The summed E-state index contributed by atoms with van der Waals surface area (Å²) in [6.07, 6.45) is -8.34. The molecular formula is C17H17F6N3O. The van der Waals surface area contributed by atoms with Crippen molar-refractivity contribution in [2.45, 2.75) is 56.2 Å². The summed E-state index contributed by atoms with van der Waals surface area (Å²) in [6, 6.07) is 5.23. The summed E-state index contributed by atoms with van der Waals surface area (Å²) >= 11 is 0. The van der Waals surface area contributed by atoms with Crippen LogP contribution in [0.15, 0.2) is 35.3 Å². The van der Waals surface area contributed by atoms with E-state index in [9.17, 15) is 31.1 Å². The quantitative estimate of drug-likeness (QED) is 0.733. The fraction of sp³-hybridized carbons (Fsp3) is 0.529. The number of benzene rings is 1. The Balaban J connectivity index is 2.19. The summed E-state index contributed by atoms with van der Waals surface area (Å²) < 4.78 is 80.8. The van der Waals surface area contributed by atoms with Gasteiger partial charge >= 0.3 is 24.0 Å². The lowest BCUT2D eigenvalue weighted by atomic mass is 9.93. The van der Waals surface area contributed by atoms with Crippen LogP contribution in [0.1, 0.15) is 37.7 Å². The third-order valence-electron chi connectivity index (χ3n) is 4.80. The molecule has 148 valence electrons. The number of urea groups is 1. The van der Waals surface area contributed by atoms with Crippen LogP contribution in [0.3, 0.4) is 0 Å². The number of alkyl halides is 6. The van der Waals surface area contributed by atoms with Crippen molar-refractivity contribution in [3.05, 3.63) is 35.9 Å². The number of aliphatic imine (C=N–C) groups is 1. The lowest BCUT2D eigenvalue weighted by Gasteiger charge is -2.44. The third kappa shape index (κ3) is 3.37. The SMILES string of the molecule is O=C1NC(C(F)(F)F)(C(F)(F)F)N=C(c2ccccc2)N1C1CCCCC1. The molecule has 0 spiro atoms. The molecule has 1 heterocycles. The van der Waals surface area contributed by atoms with Crippen LogP contribution < -0.4 is 5.32 Å². The van der Waals surface area contributed by atoms with E-state index in [1.165, 1.54) is 24.3 Å². The highest BCUT2D eigenvalue weighted by atomic mass is 19.4. The van der Waals surface area contributed by atoms with Gasteiger partial charge in [-0.05, 0) is 12.8 Å². The number of halogens is 6. The van der Waals surface area contributed by atoms with E-state index >= 15 is 0 Å². The summed E-state index contributed by atoms with van der Waals surface area (Å²) in [5.41, 5.74) is -4.65. The van der Waals surface area contributed by atoms with Crippen LogP contribution in [0.25, 0.3) is 0 Å². The first kappa shape index (κ1) is 19.5. The minimum absolute atomic E-state index is 0.0239. The lowest BCUT2D eigenvalue weighted by Crippen LogP contribution is -2.72. The van der Waals surface area contributed by atoms with Gasteiger partial charge in [0.05, 0.1) is 0 Å². The molecular weight excluding hydrogens is 376 g/mol. The average molecular weight is 393 g/mol. The second-order valence-corrected chi connectivity index (χ2v) is 6.60. The minimum Gasteiger partial charge on any atom is -0.298 e. The van der Waals surface area contributed by atoms with Gasteiger partial charge in [-0.2, -0.15) is 26.3 Å². The molecule has 2 aliphatic rings. The van der Waals surface area contributed by atoms with Gasteiger partial charge in [-0.15, -0.1) is 0 Å². The predicted octanol–water partition coefficient (Wildman–Crippen LogP) is 4.61. The van der Waals surface area contributed by atoms with Crippen molar-refractivity contribution in [1.29, 1.82) is 0 Å². The molecule has 1 aliphatic carbocycles. The van der Waals surface area contributed by atoms with Gasteiger partial charge in [0.2, 0.25) is 0 Å². The van der Waals surface area contributed by atoms with E-state index in [0.29, 0.717) is 12.8 Å². The van der Waals surface area contributed by atoms with Crippen molar-refractivity contribution in [3.8, 4) is 0 Å². The number of nitrogens with one attached hydrogen (secondary N) is 1. The van der Waals surface area contributed by atoms with Crippen LogP contribution >= 0.6 is 0 Å². The largest absolute Gasteiger partial charge is 0.441 e. The number of carbonyl (C=O) groups excluding carboxylic acids is 1. The Morgan fingerprint density at radius 1 is 0.963 bits per heavy atom. The molecule has 3 rings (SSSR count). The second kappa shape index (κ2) is 6.72. The summed E-state index contributed by atoms with van der Waals surface area (Å²) in [7, 11) is 0. The van der Waals surface area contributed by atoms with Crippen LogP contribution in [0.2, 0.25) is 0 Å². The highest BCUT2D eigenvalue weighted by Gasteiger charge is 2.74. The van der Waals surface area contributed by atoms with Gasteiger partial charge in [0.1, 0.15) is 5.84 Å². The normalized spacial score (nSPS) is 21.6. The Kier molecular flexibility index (Phi) is 4.85. The fourth-order valence-corrected chi connectivity index (χ4v) is 3.45. The maximum absolute atomic E-state index is 13.5. The molecule has 0 aromatic heterocycles. The van der Waals surface area contributed by atoms with Gasteiger partial charge in [-0.25, -0.2) is 9.79 Å². The standard InChI is InChI=1S/C17H17F6N3O/c18-16(19,20)15(17(21,22)23)24-13(11-7-3-1-4-8-11)26(14(27)25-15)12-9-5-2-6-10-12/h1,3-4,7-8,12H,2,5-6,9-10H2,(H,25,27). The van der Waals surface area contributed by atoms with Gasteiger partial charge in [-0.1, -0.05) is 49.6 Å². The van der Waals surface area contributed by atoms with Gasteiger partial charge in [0.15, 0.2) is 0 Å². The van der Waals surface area contributed by atoms with Crippen molar-refractivity contribution >= 4 is 11.9 Å². The zero-order valence-electron chi connectivity index (χ0n) is 14.1. The molecule has 27 heavy (non-hydrogen) atoms. The van der Waals surface area contributed by atoms with Crippen molar-refractivity contribution in [1.82, 2.24) is 10.2 Å². The number of amides is 2. The van der Waals surface area contributed by atoms with E-state index in [-0.39, 0.29) is 5.56 Å². The van der Waals surface area contributed by atoms with E-state index in [1.54, 1.807) is 6.07 Å². The van der Waals surface area contributed by atoms with Gasteiger partial charge in [-0.3, -0.25) is 10.2 Å². The second-order valence-electron chi connectivity index (χ2n) is 6.60. The van der Waals surface area contributed by atoms with Crippen LogP contribution in [0.5, 0.6) is 0 Å². The smallest absolute Gasteiger partial charge is 0.298 e. The zero-order chi connectivity index (χ0) is 19.9. The van der Waals surface area contributed by atoms with E-state index in [0.717, 1.165) is 29.5 Å². The molecule has 0 atom stereocenters. The first-order valence-corrected chi connectivity index (χ1v) is 8.47. The molecule has 0 bridgehead atoms. The Hall–Kier alpha value is -2.26. The number of amidine groups is 1. The zero-order valence-corrected chi connectivity index (χ0v) is 14.1. The van der Waals surface area contributed by atoms with Gasteiger partial charge < -0.3 is 0 Å². The van der Waals surface area contributed by atoms with Crippen molar-refractivity contribution < 1.29 is 31.1 Å². The molecule has 0 radical (unpaired) electrons. The highest BCUT2D eigenvalue weighted by molar-refractivity contribution is 6.09. The highest BCUT2D eigenvalue weighted by Crippen LogP contribution is 2.46. The molecule has 0 saturated heterocycles. The Morgan fingerprint density at radius 2 is 1.52 bits per heavy atom. The third-order valence-corrected chi connectivity index (χ3v) is 4.80. The topological polar surface area (TPSA) is 44.7 Å². The van der Waals surface area contributed by atoms with Crippen LogP contribution in [0, 0.1) is 0 Å². The van der Waals surface area contributed by atoms with Crippen molar-refractivity contribution in [2.24, 2.45) is 4.99 Å². The molecule has 4 nitrogen and oxygen atoms in total. The van der Waals surface area contributed by atoms with E-state index < -0.39 is 35.9 Å². The number of rotatable bonds is 2. The summed E-state index contributed by atoms with van der Waals surface area (Å²) in [4.78, 5) is 16.6. The Bertz CT molecular complexity index is 708. The first-order chi connectivity index (χ1) is 12.6. The van der Waals surface area contributed by atoms with Gasteiger partial charge in [0, 0.05) is 11.6 Å². The molecule has 1 saturated carbocycles. The molecule has 10 heteroatoms. The Morgan fingerprint density at radius 3 is 2.04 bits per heavy atom. The van der Waals surface area contributed by atoms with Gasteiger partial charge in [0.25, 0.3) is 0 Å². The van der Waals surface area contributed by atoms with Crippen molar-refractivity contribution in [3.63, 3.8) is 0 Å². The number of hydrogen-bond donors (Lipinski definition) is 1. The van der Waals surface area contributed by atoms with Crippen LogP contribution in [-0.4, -0.2) is 40.8 Å². The van der Waals surface area contributed by atoms with E-state index in [2.05, 4.69) is 4.99 Å². The van der Waals surface area contributed by atoms with E-state index in [4.69, 9.17) is 0 Å². The summed E-state index contributed by atoms with van der Waals surface area (Å²) in [5, 5.41) is 1.11. The molecule has 1 aromatic rings. The van der Waals surface area contributed by atoms with E-state index in [1.807, 2.05) is 0 Å². The molecule has 1 aliphatic heterocycles. The molecule has 2 amide bonds. The lowest BCUT2D eigenvalue weighted by molar-refractivity contribution is -0.302. The number of carbonyl (C=O) groups is 1. The number of hydrogen-bond acceptors (Lipinski definition) is 2. The maximum atomic E-state index is 13.5. The Labute approximate surface area is 151 Å². The minimum atomic E-state index is -5.85. The molecule has 1 N–H and O–H groups in total. The molecule has 1 aromatic carbocycles. The van der Waals surface area contributed by atoms with Crippen LogP contribution in [-0.2, 0) is 0 Å². The molecule has 0 unspecified atom stereocenters. The number of nitrogens with zero attached hydrogens (tertiary/aromatic N) is 2. The molecule has 1 fully saturated rings. The summed E-state index contributed by atoms with van der Waals surface area (Å²) in [5.74, 6) is -0.610. The first-order valence-electron chi connectivity index (χ1n) is 8.47. The maximum Gasteiger partial charge on any atom is 0.441 e. The predicted molar refractivity (Wildman–Crippen MR) is 85.1 cm³/mol. The monoisotopic (exact) mass is 393 g/mol. The van der Waals surface area contributed by atoms with Crippen LogP contribution in [0.4, 0.5) is 31.1 Å². The average Bonchev–Trinajstić information content (AvgIpc) is 2.60. The van der Waals surface area contributed by atoms with Crippen molar-refractivity contribution in [2.75, 3.05) is 0 Å².